The van der Waals surface area contributed by atoms with Crippen LogP contribution in [0.5, 0.6) is 0 Å². The van der Waals surface area contributed by atoms with Crippen molar-refractivity contribution in [3.63, 3.8) is 0 Å². The van der Waals surface area contributed by atoms with E-state index in [1.807, 2.05) is 0 Å². The molecule has 0 aromatic rings. The average Bonchev–Trinajstić information content (AvgIpc) is 3.07. The van der Waals surface area contributed by atoms with Gasteiger partial charge in [0.25, 0.3) is 0 Å². The van der Waals surface area contributed by atoms with Crippen molar-refractivity contribution in [3.05, 3.63) is 0 Å². The predicted molar refractivity (Wildman–Crippen MR) is 66.4 cm³/mol. The van der Waals surface area contributed by atoms with Crippen molar-refractivity contribution in [2.75, 3.05) is 32.7 Å². The highest BCUT2D eigenvalue weighted by molar-refractivity contribution is 4.93. The van der Waals surface area contributed by atoms with E-state index in [-0.39, 0.29) is 0 Å². The van der Waals surface area contributed by atoms with Crippen LogP contribution in [0.4, 0.5) is 0 Å². The number of likely N-dealkylation sites (tertiary alicyclic amines) is 2. The van der Waals surface area contributed by atoms with E-state index in [2.05, 4.69) is 9.80 Å². The van der Waals surface area contributed by atoms with E-state index in [9.17, 15) is 0 Å². The largest absolute Gasteiger partial charge is 0.330 e. The molecule has 3 aliphatic rings. The second-order valence-electron chi connectivity index (χ2n) is 5.91. The SMILES string of the molecule is NCC1CCCN(C2CCN(C3CC3)C2)C1. The molecule has 16 heavy (non-hydrogen) atoms. The number of nitrogens with zero attached hydrogens (tertiary/aromatic N) is 2. The maximum atomic E-state index is 5.81. The molecule has 0 amide bonds. The number of rotatable bonds is 3. The molecule has 2 heterocycles. The van der Waals surface area contributed by atoms with Crippen LogP contribution in [0.2, 0.25) is 0 Å². The highest BCUT2D eigenvalue weighted by atomic mass is 15.3. The van der Waals surface area contributed by atoms with Crippen LogP contribution < -0.4 is 5.73 Å². The van der Waals surface area contributed by atoms with E-state index in [1.54, 1.807) is 0 Å². The molecule has 0 radical (unpaired) electrons. The summed E-state index contributed by atoms with van der Waals surface area (Å²) in [4.78, 5) is 5.44. The Hall–Kier alpha value is -0.120. The summed E-state index contributed by atoms with van der Waals surface area (Å²) in [5.41, 5.74) is 5.81. The quantitative estimate of drug-likeness (QED) is 0.771. The third-order valence-electron chi connectivity index (χ3n) is 4.66. The molecule has 1 aliphatic carbocycles. The molecule has 0 spiro atoms. The lowest BCUT2D eigenvalue weighted by atomic mass is 9.97. The van der Waals surface area contributed by atoms with Crippen molar-refractivity contribution >= 4 is 0 Å². The Morgan fingerprint density at radius 2 is 1.69 bits per heavy atom. The predicted octanol–water partition coefficient (Wildman–Crippen LogP) is 0.894. The zero-order chi connectivity index (χ0) is 11.0. The van der Waals surface area contributed by atoms with Gasteiger partial charge in [-0.15, -0.1) is 0 Å². The summed E-state index contributed by atoms with van der Waals surface area (Å²) < 4.78 is 0. The van der Waals surface area contributed by atoms with Crippen molar-refractivity contribution in [1.82, 2.24) is 9.80 Å². The van der Waals surface area contributed by atoms with Gasteiger partial charge in [0, 0.05) is 31.7 Å². The van der Waals surface area contributed by atoms with Gasteiger partial charge < -0.3 is 5.73 Å². The van der Waals surface area contributed by atoms with E-state index in [4.69, 9.17) is 5.73 Å². The molecule has 3 heteroatoms. The summed E-state index contributed by atoms with van der Waals surface area (Å²) in [6.45, 7) is 6.15. The van der Waals surface area contributed by atoms with Crippen LogP contribution in [0.15, 0.2) is 0 Å². The Bertz CT molecular complexity index is 239. The molecule has 92 valence electrons. The van der Waals surface area contributed by atoms with E-state index in [0.29, 0.717) is 0 Å². The van der Waals surface area contributed by atoms with Crippen molar-refractivity contribution < 1.29 is 0 Å². The molecule has 2 saturated heterocycles. The minimum Gasteiger partial charge on any atom is -0.330 e. The summed E-state index contributed by atoms with van der Waals surface area (Å²) in [7, 11) is 0. The third kappa shape index (κ3) is 2.27. The molecule has 3 rings (SSSR count). The van der Waals surface area contributed by atoms with E-state index >= 15 is 0 Å². The highest BCUT2D eigenvalue weighted by Gasteiger charge is 2.37. The minimum atomic E-state index is 0.767. The molecule has 0 aromatic carbocycles. The average molecular weight is 223 g/mol. The molecule has 3 fully saturated rings. The first-order chi connectivity index (χ1) is 7.86. The monoisotopic (exact) mass is 223 g/mol. The van der Waals surface area contributed by atoms with Crippen molar-refractivity contribution in [3.8, 4) is 0 Å². The molecule has 1 saturated carbocycles. The number of hydrogen-bond donors (Lipinski definition) is 1. The van der Waals surface area contributed by atoms with Crippen LogP contribution in [0.25, 0.3) is 0 Å². The summed E-state index contributed by atoms with van der Waals surface area (Å²) in [6.07, 6.45) is 7.03. The fourth-order valence-corrected chi connectivity index (χ4v) is 3.46. The number of nitrogens with two attached hydrogens (primary N) is 1. The summed E-state index contributed by atoms with van der Waals surface area (Å²) >= 11 is 0. The molecular formula is C13H25N3. The number of hydrogen-bond acceptors (Lipinski definition) is 3. The van der Waals surface area contributed by atoms with Crippen LogP contribution in [0.3, 0.4) is 0 Å². The van der Waals surface area contributed by atoms with Gasteiger partial charge in [0.15, 0.2) is 0 Å². The fourth-order valence-electron chi connectivity index (χ4n) is 3.46. The van der Waals surface area contributed by atoms with Crippen molar-refractivity contribution in [1.29, 1.82) is 0 Å². The summed E-state index contributed by atoms with van der Waals surface area (Å²) in [5, 5.41) is 0. The van der Waals surface area contributed by atoms with Crippen LogP contribution in [0, 0.1) is 5.92 Å². The molecular weight excluding hydrogens is 198 g/mol. The Morgan fingerprint density at radius 1 is 0.875 bits per heavy atom. The normalized spacial score (nSPS) is 38.1. The van der Waals surface area contributed by atoms with Gasteiger partial charge in [-0.3, -0.25) is 9.80 Å². The third-order valence-corrected chi connectivity index (χ3v) is 4.66. The topological polar surface area (TPSA) is 32.5 Å². The van der Waals surface area contributed by atoms with Gasteiger partial charge in [0.05, 0.1) is 0 Å². The molecule has 2 unspecified atom stereocenters. The lowest BCUT2D eigenvalue weighted by molar-refractivity contribution is 0.126. The van der Waals surface area contributed by atoms with E-state index in [1.165, 1.54) is 58.3 Å². The molecule has 2 atom stereocenters. The van der Waals surface area contributed by atoms with Gasteiger partial charge in [-0.2, -0.15) is 0 Å². The van der Waals surface area contributed by atoms with Gasteiger partial charge in [-0.1, -0.05) is 0 Å². The number of piperidine rings is 1. The molecule has 2 N–H and O–H groups in total. The van der Waals surface area contributed by atoms with Gasteiger partial charge in [-0.05, 0) is 51.1 Å². The Kier molecular flexibility index (Phi) is 3.18. The molecule has 2 aliphatic heterocycles. The van der Waals surface area contributed by atoms with Crippen molar-refractivity contribution in [2.45, 2.75) is 44.2 Å². The zero-order valence-electron chi connectivity index (χ0n) is 10.3. The second-order valence-corrected chi connectivity index (χ2v) is 5.91. The van der Waals surface area contributed by atoms with Crippen molar-refractivity contribution in [2.24, 2.45) is 11.7 Å². The van der Waals surface area contributed by atoms with Crippen LogP contribution >= 0.6 is 0 Å². The van der Waals surface area contributed by atoms with Gasteiger partial charge in [0.2, 0.25) is 0 Å². The first kappa shape index (κ1) is 11.0. The lowest BCUT2D eigenvalue weighted by Gasteiger charge is -2.36. The molecule has 0 bridgehead atoms. The van der Waals surface area contributed by atoms with Gasteiger partial charge in [0.1, 0.15) is 0 Å². The fraction of sp³-hybridized carbons (Fsp3) is 1.00. The second kappa shape index (κ2) is 4.63. The van der Waals surface area contributed by atoms with Gasteiger partial charge in [-0.25, -0.2) is 0 Å². The first-order valence-electron chi connectivity index (χ1n) is 7.05. The highest BCUT2D eigenvalue weighted by Crippen LogP contribution is 2.32. The minimum absolute atomic E-state index is 0.767. The maximum absolute atomic E-state index is 5.81. The Morgan fingerprint density at radius 3 is 2.44 bits per heavy atom. The van der Waals surface area contributed by atoms with E-state index in [0.717, 1.165) is 24.5 Å². The lowest BCUT2D eigenvalue weighted by Crippen LogP contribution is -2.45. The van der Waals surface area contributed by atoms with Crippen LogP contribution in [-0.2, 0) is 0 Å². The maximum Gasteiger partial charge on any atom is 0.0235 e. The Labute approximate surface area is 99.0 Å². The summed E-state index contributed by atoms with van der Waals surface area (Å²) in [5.74, 6) is 0.767. The van der Waals surface area contributed by atoms with Crippen LogP contribution in [0.1, 0.15) is 32.1 Å². The Balaban J connectivity index is 1.52. The van der Waals surface area contributed by atoms with E-state index < -0.39 is 0 Å². The standard InChI is InChI=1S/C13H25N3/c14-8-11-2-1-6-15(9-11)13-5-7-16(10-13)12-3-4-12/h11-13H,1-10,14H2. The first-order valence-corrected chi connectivity index (χ1v) is 7.05. The molecule has 3 nitrogen and oxygen atoms in total. The molecule has 0 aromatic heterocycles. The van der Waals surface area contributed by atoms with Gasteiger partial charge >= 0.3 is 0 Å². The smallest absolute Gasteiger partial charge is 0.0235 e. The van der Waals surface area contributed by atoms with Crippen LogP contribution in [-0.4, -0.2) is 54.6 Å². The zero-order valence-corrected chi connectivity index (χ0v) is 10.3. The summed E-state index contributed by atoms with van der Waals surface area (Å²) in [6, 6.07) is 1.80.